The first kappa shape index (κ1) is 17.0. The Labute approximate surface area is 153 Å². The fourth-order valence-electron chi connectivity index (χ4n) is 3.77. The summed E-state index contributed by atoms with van der Waals surface area (Å²) in [6.07, 6.45) is 5.55. The molecule has 0 bridgehead atoms. The lowest BCUT2D eigenvalue weighted by Gasteiger charge is -2.27. The SMILES string of the molecule is c1ccc(P(C[C@H]2CCC[P@]2c2ccccc2)c2ccccc2)cc1. The Morgan fingerprint density at radius 3 is 1.80 bits per heavy atom. The van der Waals surface area contributed by atoms with Crippen LogP contribution in [0.5, 0.6) is 0 Å². The van der Waals surface area contributed by atoms with Crippen LogP contribution >= 0.6 is 15.8 Å². The third-order valence-corrected chi connectivity index (χ3v) is 11.0. The molecule has 4 rings (SSSR count). The number of rotatable bonds is 5. The number of benzene rings is 3. The summed E-state index contributed by atoms with van der Waals surface area (Å²) in [5.74, 6) is 0. The van der Waals surface area contributed by atoms with E-state index in [9.17, 15) is 0 Å². The Morgan fingerprint density at radius 2 is 1.24 bits per heavy atom. The molecule has 0 N–H and O–H groups in total. The molecule has 0 aliphatic carbocycles. The van der Waals surface area contributed by atoms with Crippen molar-refractivity contribution in [2.24, 2.45) is 0 Å². The molecule has 0 saturated carbocycles. The van der Waals surface area contributed by atoms with Crippen LogP contribution in [0.3, 0.4) is 0 Å². The zero-order valence-corrected chi connectivity index (χ0v) is 16.2. The Bertz CT molecular complexity index is 731. The standard InChI is InChI=1S/C23H24P2/c1-4-11-20(12-5-1)24-18-10-17-23(24)19-25(21-13-6-2-7-14-21)22-15-8-3-9-16-22/h1-9,11-16,23H,10,17-19H2/t23-,24-/m1/s1. The summed E-state index contributed by atoms with van der Waals surface area (Å²) in [6, 6.07) is 33.7. The van der Waals surface area contributed by atoms with Crippen LogP contribution in [0.15, 0.2) is 91.0 Å². The highest BCUT2D eigenvalue weighted by molar-refractivity contribution is 7.74. The number of hydrogen-bond acceptors (Lipinski definition) is 0. The molecule has 0 nitrogen and oxygen atoms in total. The van der Waals surface area contributed by atoms with Gasteiger partial charge in [-0.25, -0.2) is 0 Å². The molecule has 0 aromatic heterocycles. The summed E-state index contributed by atoms with van der Waals surface area (Å²) < 4.78 is 0. The van der Waals surface area contributed by atoms with Crippen molar-refractivity contribution in [2.75, 3.05) is 12.3 Å². The van der Waals surface area contributed by atoms with E-state index in [-0.39, 0.29) is 15.8 Å². The summed E-state index contributed by atoms with van der Waals surface area (Å²) in [5, 5.41) is 4.66. The topological polar surface area (TPSA) is 0 Å². The van der Waals surface area contributed by atoms with Gasteiger partial charge in [-0.1, -0.05) is 98.9 Å². The van der Waals surface area contributed by atoms with Crippen LogP contribution in [0.1, 0.15) is 12.8 Å². The summed E-state index contributed by atoms with van der Waals surface area (Å²) >= 11 is 0. The van der Waals surface area contributed by atoms with Gasteiger partial charge >= 0.3 is 0 Å². The van der Waals surface area contributed by atoms with Crippen LogP contribution in [-0.4, -0.2) is 18.0 Å². The van der Waals surface area contributed by atoms with Crippen molar-refractivity contribution in [3.05, 3.63) is 91.0 Å². The molecular formula is C23H24P2. The van der Waals surface area contributed by atoms with Crippen molar-refractivity contribution in [3.8, 4) is 0 Å². The summed E-state index contributed by atoms with van der Waals surface area (Å²) in [6.45, 7) is 0. The normalized spacial score (nSPS) is 20.0. The van der Waals surface area contributed by atoms with Gasteiger partial charge in [0.25, 0.3) is 0 Å². The van der Waals surface area contributed by atoms with Gasteiger partial charge in [0.2, 0.25) is 0 Å². The van der Waals surface area contributed by atoms with Gasteiger partial charge in [-0.3, -0.25) is 0 Å². The van der Waals surface area contributed by atoms with Crippen molar-refractivity contribution in [1.29, 1.82) is 0 Å². The van der Waals surface area contributed by atoms with Crippen molar-refractivity contribution in [1.82, 2.24) is 0 Å². The highest BCUT2D eigenvalue weighted by Gasteiger charge is 2.31. The second kappa shape index (κ2) is 8.27. The molecule has 1 saturated heterocycles. The van der Waals surface area contributed by atoms with E-state index in [2.05, 4.69) is 91.0 Å². The van der Waals surface area contributed by atoms with E-state index < -0.39 is 0 Å². The van der Waals surface area contributed by atoms with Crippen LogP contribution in [0.4, 0.5) is 0 Å². The van der Waals surface area contributed by atoms with E-state index in [0.717, 1.165) is 5.66 Å². The monoisotopic (exact) mass is 362 g/mol. The van der Waals surface area contributed by atoms with Gasteiger partial charge in [0, 0.05) is 0 Å². The molecule has 1 fully saturated rings. The average molecular weight is 362 g/mol. The fourth-order valence-corrected chi connectivity index (χ4v) is 10.1. The average Bonchev–Trinajstić information content (AvgIpc) is 3.16. The van der Waals surface area contributed by atoms with Crippen LogP contribution in [-0.2, 0) is 0 Å². The molecule has 3 aromatic rings. The van der Waals surface area contributed by atoms with Crippen LogP contribution in [0, 0.1) is 0 Å². The van der Waals surface area contributed by atoms with Gasteiger partial charge in [-0.15, -0.1) is 0 Å². The molecule has 1 aliphatic rings. The Balaban J connectivity index is 1.62. The molecule has 0 unspecified atom stereocenters. The molecule has 3 aromatic carbocycles. The van der Waals surface area contributed by atoms with Gasteiger partial charge in [0.1, 0.15) is 0 Å². The smallest absolute Gasteiger partial charge is 0.0123 e. The number of hydrogen-bond donors (Lipinski definition) is 0. The highest BCUT2D eigenvalue weighted by Crippen LogP contribution is 2.53. The van der Waals surface area contributed by atoms with Gasteiger partial charge in [-0.2, -0.15) is 0 Å². The zero-order chi connectivity index (χ0) is 16.9. The van der Waals surface area contributed by atoms with E-state index in [1.807, 2.05) is 0 Å². The molecular weight excluding hydrogens is 338 g/mol. The van der Waals surface area contributed by atoms with Crippen LogP contribution in [0.25, 0.3) is 0 Å². The summed E-state index contributed by atoms with van der Waals surface area (Å²) in [4.78, 5) is 0. The summed E-state index contributed by atoms with van der Waals surface area (Å²) in [5.41, 5.74) is 0.865. The molecule has 25 heavy (non-hydrogen) atoms. The molecule has 0 radical (unpaired) electrons. The van der Waals surface area contributed by atoms with Crippen molar-refractivity contribution in [3.63, 3.8) is 0 Å². The minimum Gasteiger partial charge on any atom is -0.0718 e. The molecule has 126 valence electrons. The maximum Gasteiger partial charge on any atom is -0.0123 e. The van der Waals surface area contributed by atoms with E-state index in [1.165, 1.54) is 35.8 Å². The first-order valence-corrected chi connectivity index (χ1v) is 12.2. The Morgan fingerprint density at radius 1 is 0.720 bits per heavy atom. The summed E-state index contributed by atoms with van der Waals surface area (Å²) in [7, 11) is -0.263. The van der Waals surface area contributed by atoms with E-state index in [1.54, 1.807) is 5.30 Å². The van der Waals surface area contributed by atoms with Crippen LogP contribution in [0.2, 0.25) is 0 Å². The van der Waals surface area contributed by atoms with E-state index >= 15 is 0 Å². The predicted octanol–water partition coefficient (Wildman–Crippen LogP) is 5.09. The maximum atomic E-state index is 2.36. The van der Waals surface area contributed by atoms with E-state index in [4.69, 9.17) is 0 Å². The first-order chi connectivity index (χ1) is 12.4. The Kier molecular flexibility index (Phi) is 5.61. The van der Waals surface area contributed by atoms with Gasteiger partial charge < -0.3 is 0 Å². The van der Waals surface area contributed by atoms with Gasteiger partial charge in [-0.05, 0) is 54.7 Å². The van der Waals surface area contributed by atoms with Crippen molar-refractivity contribution in [2.45, 2.75) is 18.5 Å². The molecule has 1 aliphatic heterocycles. The third-order valence-electron chi connectivity index (χ3n) is 4.99. The van der Waals surface area contributed by atoms with Gasteiger partial charge in [0.15, 0.2) is 0 Å². The molecule has 0 spiro atoms. The fraction of sp³-hybridized carbons (Fsp3) is 0.217. The second-order valence-electron chi connectivity index (χ2n) is 6.61. The second-order valence-corrected chi connectivity index (χ2v) is 11.5. The quantitative estimate of drug-likeness (QED) is 0.555. The van der Waals surface area contributed by atoms with E-state index in [0.29, 0.717) is 0 Å². The van der Waals surface area contributed by atoms with Gasteiger partial charge in [0.05, 0.1) is 0 Å². The van der Waals surface area contributed by atoms with Crippen molar-refractivity contribution < 1.29 is 0 Å². The zero-order valence-electron chi connectivity index (χ0n) is 14.5. The van der Waals surface area contributed by atoms with Crippen LogP contribution < -0.4 is 15.9 Å². The molecule has 2 atom stereocenters. The lowest BCUT2D eigenvalue weighted by molar-refractivity contribution is 0.841. The minimum absolute atomic E-state index is 0.000694. The molecule has 1 heterocycles. The molecule has 2 heteroatoms. The highest BCUT2D eigenvalue weighted by atomic mass is 31.1. The minimum atomic E-state index is -0.263. The maximum absolute atomic E-state index is 2.36. The molecule has 0 amide bonds. The lowest BCUT2D eigenvalue weighted by Crippen LogP contribution is -2.21. The lowest BCUT2D eigenvalue weighted by atomic mass is 10.3. The first-order valence-electron chi connectivity index (χ1n) is 9.11. The Hall–Kier alpha value is -1.48. The largest absolute Gasteiger partial charge is 0.0718 e. The predicted molar refractivity (Wildman–Crippen MR) is 115 cm³/mol. The third kappa shape index (κ3) is 4.03. The van der Waals surface area contributed by atoms with Crippen molar-refractivity contribution >= 4 is 31.8 Å².